The number of ether oxygens (including phenoxy) is 1. The van der Waals surface area contributed by atoms with Gasteiger partial charge in [0.1, 0.15) is 5.75 Å². The van der Waals surface area contributed by atoms with Crippen molar-refractivity contribution in [3.63, 3.8) is 0 Å². The highest BCUT2D eigenvalue weighted by molar-refractivity contribution is 7.22. The first-order valence-electron chi connectivity index (χ1n) is 6.27. The molecule has 0 atom stereocenters. The van der Waals surface area contributed by atoms with E-state index in [4.69, 9.17) is 10.5 Å². The van der Waals surface area contributed by atoms with Crippen molar-refractivity contribution in [3.05, 3.63) is 48.0 Å². The molecule has 5 nitrogen and oxygen atoms in total. The Hall–Kier alpha value is -2.60. The summed E-state index contributed by atoms with van der Waals surface area (Å²) >= 11 is 1.39. The fourth-order valence-corrected chi connectivity index (χ4v) is 2.74. The van der Waals surface area contributed by atoms with Gasteiger partial charge < -0.3 is 15.8 Å². The van der Waals surface area contributed by atoms with Gasteiger partial charge in [-0.3, -0.25) is 4.79 Å². The second-order valence-corrected chi connectivity index (χ2v) is 5.48. The van der Waals surface area contributed by atoms with E-state index in [1.54, 1.807) is 31.4 Å². The lowest BCUT2D eigenvalue weighted by Gasteiger charge is -2.06. The standard InChI is InChI=1S/C15H13N3O2S/c1-20-11-5-2-9(3-6-11)14(19)17-10-4-7-12-13(8-10)21-15(16)18-12/h2-8H,1H3,(H2,16,18)(H,17,19). The zero-order chi connectivity index (χ0) is 14.8. The smallest absolute Gasteiger partial charge is 0.255 e. The van der Waals surface area contributed by atoms with Gasteiger partial charge in [0.05, 0.1) is 17.3 Å². The van der Waals surface area contributed by atoms with Crippen LogP contribution >= 0.6 is 11.3 Å². The minimum atomic E-state index is -0.172. The third-order valence-corrected chi connectivity index (χ3v) is 3.86. The third kappa shape index (κ3) is 2.80. The monoisotopic (exact) mass is 299 g/mol. The quantitative estimate of drug-likeness (QED) is 0.779. The maximum Gasteiger partial charge on any atom is 0.255 e. The Morgan fingerprint density at radius 1 is 1.24 bits per heavy atom. The second kappa shape index (κ2) is 5.41. The molecule has 0 fully saturated rings. The van der Waals surface area contributed by atoms with Crippen molar-refractivity contribution in [1.29, 1.82) is 0 Å². The first-order chi connectivity index (χ1) is 10.2. The molecule has 2 aromatic carbocycles. The summed E-state index contributed by atoms with van der Waals surface area (Å²) < 4.78 is 6.01. The molecule has 0 aliphatic heterocycles. The van der Waals surface area contributed by atoms with Crippen molar-refractivity contribution in [2.24, 2.45) is 0 Å². The molecule has 1 amide bonds. The van der Waals surface area contributed by atoms with Crippen LogP contribution in [-0.2, 0) is 0 Å². The summed E-state index contributed by atoms with van der Waals surface area (Å²) in [5.74, 6) is 0.544. The van der Waals surface area contributed by atoms with Crippen molar-refractivity contribution >= 4 is 38.3 Å². The average Bonchev–Trinajstić information content (AvgIpc) is 2.86. The van der Waals surface area contributed by atoms with Crippen molar-refractivity contribution in [1.82, 2.24) is 4.98 Å². The van der Waals surface area contributed by atoms with Gasteiger partial charge >= 0.3 is 0 Å². The molecule has 0 unspecified atom stereocenters. The second-order valence-electron chi connectivity index (χ2n) is 4.42. The normalized spacial score (nSPS) is 10.5. The Balaban J connectivity index is 1.81. The average molecular weight is 299 g/mol. The van der Waals surface area contributed by atoms with Gasteiger partial charge in [0.25, 0.3) is 5.91 Å². The van der Waals surface area contributed by atoms with E-state index in [9.17, 15) is 4.79 Å². The number of rotatable bonds is 3. The molecule has 1 heterocycles. The van der Waals surface area contributed by atoms with Crippen LogP contribution in [-0.4, -0.2) is 18.0 Å². The van der Waals surface area contributed by atoms with Gasteiger partial charge in [0, 0.05) is 11.3 Å². The molecular weight excluding hydrogens is 286 g/mol. The number of thiazole rings is 1. The van der Waals surface area contributed by atoms with Gasteiger partial charge in [-0.1, -0.05) is 11.3 Å². The number of carbonyl (C=O) groups is 1. The molecule has 0 spiro atoms. The van der Waals surface area contributed by atoms with Crippen molar-refractivity contribution < 1.29 is 9.53 Å². The van der Waals surface area contributed by atoms with Gasteiger partial charge in [0.15, 0.2) is 5.13 Å². The van der Waals surface area contributed by atoms with E-state index in [-0.39, 0.29) is 5.91 Å². The number of anilines is 2. The number of carbonyl (C=O) groups excluding carboxylic acids is 1. The number of hydrogen-bond acceptors (Lipinski definition) is 5. The van der Waals surface area contributed by atoms with Crippen LogP contribution in [0.2, 0.25) is 0 Å². The zero-order valence-corrected chi connectivity index (χ0v) is 12.1. The Morgan fingerprint density at radius 2 is 2.00 bits per heavy atom. The largest absolute Gasteiger partial charge is 0.497 e. The summed E-state index contributed by atoms with van der Waals surface area (Å²) in [5.41, 5.74) is 7.79. The lowest BCUT2D eigenvalue weighted by atomic mass is 10.2. The number of nitrogen functional groups attached to an aromatic ring is 1. The molecule has 3 aromatic rings. The molecule has 106 valence electrons. The van der Waals surface area contributed by atoms with Crippen LogP contribution < -0.4 is 15.8 Å². The Labute approximate surface area is 125 Å². The number of methoxy groups -OCH3 is 1. The summed E-state index contributed by atoms with van der Waals surface area (Å²) in [5, 5.41) is 3.37. The number of fused-ring (bicyclic) bond motifs is 1. The van der Waals surface area contributed by atoms with Crippen LogP contribution in [0.25, 0.3) is 10.2 Å². The number of benzene rings is 2. The van der Waals surface area contributed by atoms with Gasteiger partial charge in [0.2, 0.25) is 0 Å². The lowest BCUT2D eigenvalue weighted by Crippen LogP contribution is -2.11. The van der Waals surface area contributed by atoms with E-state index < -0.39 is 0 Å². The molecule has 1 aromatic heterocycles. The zero-order valence-electron chi connectivity index (χ0n) is 11.3. The van der Waals surface area contributed by atoms with Crippen LogP contribution in [0.3, 0.4) is 0 Å². The fraction of sp³-hybridized carbons (Fsp3) is 0.0667. The molecule has 3 rings (SSSR count). The lowest BCUT2D eigenvalue weighted by molar-refractivity contribution is 0.102. The summed E-state index contributed by atoms with van der Waals surface area (Å²) in [6, 6.07) is 12.5. The first-order valence-corrected chi connectivity index (χ1v) is 7.09. The summed E-state index contributed by atoms with van der Waals surface area (Å²) in [4.78, 5) is 16.3. The van der Waals surface area contributed by atoms with E-state index in [0.29, 0.717) is 22.1 Å². The van der Waals surface area contributed by atoms with Gasteiger partial charge in [-0.25, -0.2) is 4.98 Å². The molecule has 3 N–H and O–H groups in total. The van der Waals surface area contributed by atoms with E-state index in [1.807, 2.05) is 18.2 Å². The van der Waals surface area contributed by atoms with Crippen LogP contribution in [0.1, 0.15) is 10.4 Å². The first kappa shape index (κ1) is 13.4. The third-order valence-electron chi connectivity index (χ3n) is 3.02. The highest BCUT2D eigenvalue weighted by Crippen LogP contribution is 2.26. The Bertz CT molecular complexity index is 796. The highest BCUT2D eigenvalue weighted by atomic mass is 32.1. The topological polar surface area (TPSA) is 77.2 Å². The van der Waals surface area contributed by atoms with Crippen LogP contribution in [0.5, 0.6) is 5.75 Å². The maximum atomic E-state index is 12.2. The molecule has 0 aliphatic carbocycles. The van der Waals surface area contributed by atoms with Crippen LogP contribution in [0.4, 0.5) is 10.8 Å². The number of aromatic nitrogens is 1. The van der Waals surface area contributed by atoms with Crippen LogP contribution in [0, 0.1) is 0 Å². The minimum Gasteiger partial charge on any atom is -0.497 e. The van der Waals surface area contributed by atoms with Gasteiger partial charge in [-0.05, 0) is 42.5 Å². The summed E-state index contributed by atoms with van der Waals surface area (Å²) in [6.45, 7) is 0. The molecule has 0 saturated heterocycles. The molecule has 0 bridgehead atoms. The van der Waals surface area contributed by atoms with Gasteiger partial charge in [-0.2, -0.15) is 0 Å². The molecule has 0 radical (unpaired) electrons. The number of hydrogen-bond donors (Lipinski definition) is 2. The molecule has 0 aliphatic rings. The maximum absolute atomic E-state index is 12.2. The number of nitrogens with one attached hydrogen (secondary N) is 1. The fourth-order valence-electron chi connectivity index (χ4n) is 1.97. The summed E-state index contributed by atoms with van der Waals surface area (Å²) in [6.07, 6.45) is 0. The number of nitrogens with zero attached hydrogens (tertiary/aromatic N) is 1. The van der Waals surface area contributed by atoms with E-state index >= 15 is 0 Å². The Morgan fingerprint density at radius 3 is 2.71 bits per heavy atom. The van der Waals surface area contributed by atoms with E-state index in [2.05, 4.69) is 10.3 Å². The molecular formula is C15H13N3O2S. The summed E-state index contributed by atoms with van der Waals surface area (Å²) in [7, 11) is 1.59. The molecule has 6 heteroatoms. The Kier molecular flexibility index (Phi) is 3.45. The van der Waals surface area contributed by atoms with Crippen LogP contribution in [0.15, 0.2) is 42.5 Å². The minimum absolute atomic E-state index is 0.172. The van der Waals surface area contributed by atoms with E-state index in [1.165, 1.54) is 11.3 Å². The van der Waals surface area contributed by atoms with E-state index in [0.717, 1.165) is 10.2 Å². The van der Waals surface area contributed by atoms with Crippen molar-refractivity contribution in [2.75, 3.05) is 18.2 Å². The highest BCUT2D eigenvalue weighted by Gasteiger charge is 2.08. The molecule has 0 saturated carbocycles. The predicted octanol–water partition coefficient (Wildman–Crippen LogP) is 3.14. The molecule has 21 heavy (non-hydrogen) atoms. The van der Waals surface area contributed by atoms with Crippen molar-refractivity contribution in [3.8, 4) is 5.75 Å². The van der Waals surface area contributed by atoms with Crippen molar-refractivity contribution in [2.45, 2.75) is 0 Å². The number of nitrogens with two attached hydrogens (primary N) is 1. The van der Waals surface area contributed by atoms with Gasteiger partial charge in [-0.15, -0.1) is 0 Å². The SMILES string of the molecule is COc1ccc(C(=O)Nc2ccc3nc(N)sc3c2)cc1. The predicted molar refractivity (Wildman–Crippen MR) is 85.0 cm³/mol. The number of amides is 1.